The van der Waals surface area contributed by atoms with Gasteiger partial charge in [0.2, 0.25) is 27.7 Å². The Morgan fingerprint density at radius 3 is 2.19 bits per heavy atom. The first-order valence-electron chi connectivity index (χ1n) is 10.7. The normalized spacial score (nSPS) is 25.1. The average molecular weight is 452 g/mol. The van der Waals surface area contributed by atoms with Crippen molar-refractivity contribution in [3.05, 3.63) is 30.1 Å². The van der Waals surface area contributed by atoms with Crippen LogP contribution in [-0.2, 0) is 24.4 Å². The SMILES string of the molecule is O=C(CCN1C(=O)[C@H]2CCCC[C@@H]2C1=O)N1CCN(S(=O)(=O)c2cccc(F)c2)CC1. The first-order valence-corrected chi connectivity index (χ1v) is 12.1. The number of hydrogen-bond acceptors (Lipinski definition) is 5. The third kappa shape index (κ3) is 4.23. The molecule has 1 aromatic carbocycles. The number of imide groups is 1. The van der Waals surface area contributed by atoms with Crippen LogP contribution in [0.2, 0.25) is 0 Å². The van der Waals surface area contributed by atoms with Crippen LogP contribution in [0.25, 0.3) is 0 Å². The second-order valence-corrected chi connectivity index (χ2v) is 10.3. The van der Waals surface area contributed by atoms with Gasteiger partial charge in [-0.25, -0.2) is 12.8 Å². The smallest absolute Gasteiger partial charge is 0.243 e. The summed E-state index contributed by atoms with van der Waals surface area (Å²) in [5.41, 5.74) is 0. The molecule has 1 aliphatic carbocycles. The van der Waals surface area contributed by atoms with E-state index < -0.39 is 15.8 Å². The molecule has 2 aliphatic heterocycles. The fourth-order valence-electron chi connectivity index (χ4n) is 4.77. The van der Waals surface area contributed by atoms with Crippen molar-refractivity contribution < 1.29 is 27.2 Å². The van der Waals surface area contributed by atoms with Gasteiger partial charge in [-0.3, -0.25) is 19.3 Å². The van der Waals surface area contributed by atoms with E-state index >= 15 is 0 Å². The number of amides is 3. The minimum atomic E-state index is -3.83. The molecule has 2 heterocycles. The molecule has 4 rings (SSSR count). The highest BCUT2D eigenvalue weighted by Gasteiger charge is 2.48. The van der Waals surface area contributed by atoms with Crippen LogP contribution in [0.3, 0.4) is 0 Å². The molecule has 0 bridgehead atoms. The third-order valence-electron chi connectivity index (χ3n) is 6.51. The molecule has 2 saturated heterocycles. The lowest BCUT2D eigenvalue weighted by molar-refractivity contribution is -0.141. The van der Waals surface area contributed by atoms with Crippen molar-refractivity contribution in [1.29, 1.82) is 0 Å². The molecule has 0 spiro atoms. The number of fused-ring (bicyclic) bond motifs is 1. The summed E-state index contributed by atoms with van der Waals surface area (Å²) in [6.07, 6.45) is 3.42. The Labute approximate surface area is 181 Å². The quantitative estimate of drug-likeness (QED) is 0.628. The molecule has 10 heteroatoms. The fourth-order valence-corrected chi connectivity index (χ4v) is 6.23. The van der Waals surface area contributed by atoms with Gasteiger partial charge in [-0.15, -0.1) is 0 Å². The summed E-state index contributed by atoms with van der Waals surface area (Å²) in [5.74, 6) is -1.61. The van der Waals surface area contributed by atoms with Gasteiger partial charge >= 0.3 is 0 Å². The minimum Gasteiger partial charge on any atom is -0.340 e. The van der Waals surface area contributed by atoms with E-state index in [1.165, 1.54) is 27.4 Å². The molecular weight excluding hydrogens is 425 g/mol. The van der Waals surface area contributed by atoms with Crippen LogP contribution in [0.4, 0.5) is 4.39 Å². The topological polar surface area (TPSA) is 95.1 Å². The molecule has 1 aromatic rings. The number of halogens is 1. The van der Waals surface area contributed by atoms with Crippen LogP contribution in [0.5, 0.6) is 0 Å². The van der Waals surface area contributed by atoms with E-state index in [0.29, 0.717) is 0 Å². The lowest BCUT2D eigenvalue weighted by Gasteiger charge is -2.34. The maximum absolute atomic E-state index is 13.4. The maximum Gasteiger partial charge on any atom is 0.243 e. The number of hydrogen-bond donors (Lipinski definition) is 0. The highest BCUT2D eigenvalue weighted by molar-refractivity contribution is 7.89. The molecule has 168 valence electrons. The van der Waals surface area contributed by atoms with Gasteiger partial charge in [0.05, 0.1) is 16.7 Å². The molecule has 1 saturated carbocycles. The molecule has 0 aromatic heterocycles. The van der Waals surface area contributed by atoms with Gasteiger partial charge in [0.15, 0.2) is 0 Å². The average Bonchev–Trinajstić information content (AvgIpc) is 3.02. The van der Waals surface area contributed by atoms with Gasteiger partial charge < -0.3 is 4.90 Å². The van der Waals surface area contributed by atoms with Crippen LogP contribution < -0.4 is 0 Å². The maximum atomic E-state index is 13.4. The van der Waals surface area contributed by atoms with Gasteiger partial charge in [0.25, 0.3) is 0 Å². The monoisotopic (exact) mass is 451 g/mol. The Kier molecular flexibility index (Phi) is 6.11. The summed E-state index contributed by atoms with van der Waals surface area (Å²) in [5, 5.41) is 0. The Morgan fingerprint density at radius 2 is 1.61 bits per heavy atom. The standard InChI is InChI=1S/C21H26FN3O5S/c22-15-4-3-5-16(14-15)31(29,30)24-12-10-23(11-13-24)19(26)8-9-25-20(27)17-6-1-2-7-18(17)21(25)28/h3-5,14,17-18H,1-2,6-13H2/t17-,18-/m0/s1. The van der Waals surface area contributed by atoms with Crippen molar-refractivity contribution in [1.82, 2.24) is 14.1 Å². The van der Waals surface area contributed by atoms with E-state index in [4.69, 9.17) is 0 Å². The second-order valence-electron chi connectivity index (χ2n) is 8.32. The zero-order valence-corrected chi connectivity index (χ0v) is 18.0. The van der Waals surface area contributed by atoms with Crippen molar-refractivity contribution in [3.63, 3.8) is 0 Å². The summed E-state index contributed by atoms with van der Waals surface area (Å²) in [4.78, 5) is 40.4. The van der Waals surface area contributed by atoms with Crippen LogP contribution in [-0.4, -0.2) is 73.0 Å². The summed E-state index contributed by atoms with van der Waals surface area (Å²) in [6, 6.07) is 4.85. The number of benzene rings is 1. The molecule has 0 radical (unpaired) electrons. The number of piperazine rings is 1. The number of likely N-dealkylation sites (tertiary alicyclic amines) is 1. The molecule has 3 aliphatic rings. The predicted octanol–water partition coefficient (Wildman–Crippen LogP) is 1.22. The Morgan fingerprint density at radius 1 is 1.00 bits per heavy atom. The van der Waals surface area contributed by atoms with Crippen LogP contribution in [0, 0.1) is 17.7 Å². The lowest BCUT2D eigenvalue weighted by atomic mass is 9.81. The number of sulfonamides is 1. The van der Waals surface area contributed by atoms with Crippen molar-refractivity contribution >= 4 is 27.7 Å². The first-order chi connectivity index (χ1) is 14.8. The minimum absolute atomic E-state index is 0.0353. The highest BCUT2D eigenvalue weighted by Crippen LogP contribution is 2.38. The predicted molar refractivity (Wildman–Crippen MR) is 109 cm³/mol. The Hall–Kier alpha value is -2.33. The largest absolute Gasteiger partial charge is 0.340 e. The molecule has 3 fully saturated rings. The first kappa shape index (κ1) is 21.9. The summed E-state index contributed by atoms with van der Waals surface area (Å²) < 4.78 is 40.0. The van der Waals surface area contributed by atoms with Gasteiger partial charge in [0, 0.05) is 39.1 Å². The molecule has 0 unspecified atom stereocenters. The van der Waals surface area contributed by atoms with E-state index in [2.05, 4.69) is 0 Å². The Balaban J connectivity index is 1.31. The number of carbonyl (C=O) groups is 3. The molecule has 0 N–H and O–H groups in total. The van der Waals surface area contributed by atoms with E-state index in [9.17, 15) is 27.2 Å². The van der Waals surface area contributed by atoms with Crippen molar-refractivity contribution in [2.75, 3.05) is 32.7 Å². The number of rotatable bonds is 5. The van der Waals surface area contributed by atoms with E-state index in [0.717, 1.165) is 31.7 Å². The van der Waals surface area contributed by atoms with Crippen molar-refractivity contribution in [3.8, 4) is 0 Å². The van der Waals surface area contributed by atoms with Gasteiger partial charge in [-0.1, -0.05) is 18.9 Å². The number of carbonyl (C=O) groups excluding carboxylic acids is 3. The zero-order valence-electron chi connectivity index (χ0n) is 17.2. The summed E-state index contributed by atoms with van der Waals surface area (Å²) in [6.45, 7) is 0.707. The van der Waals surface area contributed by atoms with Gasteiger partial charge in [-0.05, 0) is 31.0 Å². The van der Waals surface area contributed by atoms with Crippen molar-refractivity contribution in [2.24, 2.45) is 11.8 Å². The third-order valence-corrected chi connectivity index (χ3v) is 8.40. The summed E-state index contributed by atoms with van der Waals surface area (Å²) >= 11 is 0. The molecule has 31 heavy (non-hydrogen) atoms. The van der Waals surface area contributed by atoms with Crippen LogP contribution in [0.1, 0.15) is 32.1 Å². The molecule has 8 nitrogen and oxygen atoms in total. The summed E-state index contributed by atoms with van der Waals surface area (Å²) in [7, 11) is -3.83. The molecular formula is C21H26FN3O5S. The van der Waals surface area contributed by atoms with E-state index in [1.54, 1.807) is 4.90 Å². The molecule has 3 amide bonds. The lowest BCUT2D eigenvalue weighted by Crippen LogP contribution is -2.51. The van der Waals surface area contributed by atoms with Crippen molar-refractivity contribution in [2.45, 2.75) is 37.0 Å². The Bertz CT molecular complexity index is 966. The van der Waals surface area contributed by atoms with E-state index in [-0.39, 0.29) is 73.6 Å². The van der Waals surface area contributed by atoms with Gasteiger partial charge in [-0.2, -0.15) is 4.31 Å². The van der Waals surface area contributed by atoms with Crippen LogP contribution in [0.15, 0.2) is 29.2 Å². The van der Waals surface area contributed by atoms with Gasteiger partial charge in [0.1, 0.15) is 5.82 Å². The molecule has 2 atom stereocenters. The van der Waals surface area contributed by atoms with Crippen LogP contribution >= 0.6 is 0 Å². The second kappa shape index (κ2) is 8.66. The fraction of sp³-hybridized carbons (Fsp3) is 0.571. The highest BCUT2D eigenvalue weighted by atomic mass is 32.2. The number of nitrogens with zero attached hydrogens (tertiary/aromatic N) is 3. The zero-order chi connectivity index (χ0) is 22.2. The van der Waals surface area contributed by atoms with E-state index in [1.807, 2.05) is 0 Å².